The average molecular weight is 229 g/mol. The Morgan fingerprint density at radius 1 is 1.27 bits per heavy atom. The highest BCUT2D eigenvalue weighted by molar-refractivity contribution is 7.99. The molecule has 0 unspecified atom stereocenters. The van der Waals surface area contributed by atoms with Gasteiger partial charge in [-0.25, -0.2) is 0 Å². The molecule has 1 aliphatic carbocycles. The van der Waals surface area contributed by atoms with E-state index in [4.69, 9.17) is 5.73 Å². The highest BCUT2D eigenvalue weighted by Crippen LogP contribution is 2.42. The molecule has 1 fully saturated rings. The first-order valence-corrected chi connectivity index (χ1v) is 7.69. The molecule has 2 heteroatoms. The summed E-state index contributed by atoms with van der Waals surface area (Å²) in [5.41, 5.74) is 6.51. The van der Waals surface area contributed by atoms with E-state index in [9.17, 15) is 0 Å². The van der Waals surface area contributed by atoms with Crippen molar-refractivity contribution in [2.75, 3.05) is 18.1 Å². The largest absolute Gasteiger partial charge is 0.330 e. The summed E-state index contributed by atoms with van der Waals surface area (Å²) in [6.07, 6.45) is 8.32. The fraction of sp³-hybridized carbons (Fsp3) is 1.00. The second-order valence-corrected chi connectivity index (χ2v) is 6.40. The maximum Gasteiger partial charge on any atom is -0.00202 e. The molecule has 1 aliphatic rings. The molecule has 0 saturated heterocycles. The zero-order valence-corrected chi connectivity index (χ0v) is 11.2. The summed E-state index contributed by atoms with van der Waals surface area (Å²) in [7, 11) is 0. The van der Waals surface area contributed by atoms with Gasteiger partial charge >= 0.3 is 0 Å². The Morgan fingerprint density at radius 2 is 1.93 bits per heavy atom. The van der Waals surface area contributed by atoms with Crippen LogP contribution in [0.3, 0.4) is 0 Å². The molecule has 90 valence electrons. The van der Waals surface area contributed by atoms with Gasteiger partial charge in [-0.05, 0) is 61.5 Å². The highest BCUT2D eigenvalue weighted by atomic mass is 32.2. The van der Waals surface area contributed by atoms with Crippen molar-refractivity contribution in [3.8, 4) is 0 Å². The number of hydrogen-bond acceptors (Lipinski definition) is 2. The summed E-state index contributed by atoms with van der Waals surface area (Å²) in [6, 6.07) is 0. The van der Waals surface area contributed by atoms with E-state index in [2.05, 4.69) is 25.6 Å². The molecule has 1 rings (SSSR count). The summed E-state index contributed by atoms with van der Waals surface area (Å²) in [5, 5.41) is 0. The van der Waals surface area contributed by atoms with Crippen LogP contribution in [0.4, 0.5) is 0 Å². The summed E-state index contributed by atoms with van der Waals surface area (Å²) >= 11 is 2.07. The Hall–Kier alpha value is 0.310. The lowest BCUT2D eigenvalue weighted by atomic mass is 9.68. The van der Waals surface area contributed by atoms with E-state index < -0.39 is 0 Å². The van der Waals surface area contributed by atoms with Crippen molar-refractivity contribution in [3.05, 3.63) is 0 Å². The van der Waals surface area contributed by atoms with Crippen LogP contribution < -0.4 is 5.73 Å². The molecule has 1 nitrogen and oxygen atoms in total. The first kappa shape index (κ1) is 13.4. The zero-order chi connectivity index (χ0) is 11.1. The van der Waals surface area contributed by atoms with Gasteiger partial charge < -0.3 is 5.73 Å². The third-order valence-electron chi connectivity index (χ3n) is 4.16. The minimum Gasteiger partial charge on any atom is -0.330 e. The molecule has 0 aromatic rings. The molecule has 0 atom stereocenters. The van der Waals surface area contributed by atoms with Crippen LogP contribution in [0, 0.1) is 11.3 Å². The molecule has 15 heavy (non-hydrogen) atoms. The predicted octanol–water partition coefficient (Wildman–Crippen LogP) is 3.67. The molecule has 0 aromatic heterocycles. The molecular weight excluding hydrogens is 202 g/mol. The van der Waals surface area contributed by atoms with E-state index >= 15 is 0 Å². The lowest BCUT2D eigenvalue weighted by Gasteiger charge is -2.39. The average Bonchev–Trinajstić information content (AvgIpc) is 2.30. The summed E-state index contributed by atoms with van der Waals surface area (Å²) < 4.78 is 0. The quantitative estimate of drug-likeness (QED) is 0.703. The molecule has 0 aromatic carbocycles. The standard InChI is InChI=1S/C13H27NS/c1-3-12-5-7-13(11-14,8-6-12)9-10-15-4-2/h12H,3-11,14H2,1-2H3. The molecule has 2 N–H and O–H groups in total. The second-order valence-electron chi connectivity index (χ2n) is 5.00. The summed E-state index contributed by atoms with van der Waals surface area (Å²) in [4.78, 5) is 0. The molecule has 0 heterocycles. The van der Waals surface area contributed by atoms with Crippen LogP contribution in [0.1, 0.15) is 52.4 Å². The van der Waals surface area contributed by atoms with Gasteiger partial charge in [0.15, 0.2) is 0 Å². The van der Waals surface area contributed by atoms with Crippen LogP contribution in [-0.2, 0) is 0 Å². The monoisotopic (exact) mass is 229 g/mol. The van der Waals surface area contributed by atoms with Gasteiger partial charge in [0.25, 0.3) is 0 Å². The van der Waals surface area contributed by atoms with E-state index in [1.807, 2.05) is 0 Å². The van der Waals surface area contributed by atoms with Crippen molar-refractivity contribution >= 4 is 11.8 Å². The van der Waals surface area contributed by atoms with Crippen molar-refractivity contribution in [1.82, 2.24) is 0 Å². The number of rotatable bonds is 6. The van der Waals surface area contributed by atoms with Crippen LogP contribution in [0.25, 0.3) is 0 Å². The van der Waals surface area contributed by atoms with Gasteiger partial charge in [0.2, 0.25) is 0 Å². The van der Waals surface area contributed by atoms with Gasteiger partial charge in [-0.2, -0.15) is 11.8 Å². The maximum absolute atomic E-state index is 6.00. The van der Waals surface area contributed by atoms with Crippen molar-refractivity contribution < 1.29 is 0 Å². The maximum atomic E-state index is 6.00. The van der Waals surface area contributed by atoms with Crippen LogP contribution in [0.2, 0.25) is 0 Å². The highest BCUT2D eigenvalue weighted by Gasteiger charge is 2.32. The number of nitrogens with two attached hydrogens (primary N) is 1. The second kappa shape index (κ2) is 6.80. The Bertz CT molecular complexity index is 156. The van der Waals surface area contributed by atoms with E-state index in [-0.39, 0.29) is 0 Å². The molecule has 0 spiro atoms. The van der Waals surface area contributed by atoms with E-state index in [1.54, 1.807) is 0 Å². The first-order chi connectivity index (χ1) is 7.26. The van der Waals surface area contributed by atoms with Gasteiger partial charge in [0, 0.05) is 0 Å². The van der Waals surface area contributed by atoms with E-state index in [1.165, 1.54) is 50.0 Å². The van der Waals surface area contributed by atoms with Crippen molar-refractivity contribution in [2.24, 2.45) is 17.1 Å². The Morgan fingerprint density at radius 3 is 2.40 bits per heavy atom. The SMILES string of the molecule is CCSCCC1(CN)CCC(CC)CC1. The molecule has 1 saturated carbocycles. The molecule has 0 aliphatic heterocycles. The minimum atomic E-state index is 0.508. The lowest BCUT2D eigenvalue weighted by Crippen LogP contribution is -2.35. The topological polar surface area (TPSA) is 26.0 Å². The van der Waals surface area contributed by atoms with Gasteiger partial charge in [-0.3, -0.25) is 0 Å². The molecule has 0 radical (unpaired) electrons. The first-order valence-electron chi connectivity index (χ1n) is 6.54. The Labute approximate surface area is 99.6 Å². The van der Waals surface area contributed by atoms with Crippen LogP contribution >= 0.6 is 11.8 Å². The Kier molecular flexibility index (Phi) is 6.06. The normalized spacial score (nSPS) is 31.8. The number of thioether (sulfide) groups is 1. The van der Waals surface area contributed by atoms with Crippen LogP contribution in [-0.4, -0.2) is 18.1 Å². The molecule has 0 bridgehead atoms. The van der Waals surface area contributed by atoms with Gasteiger partial charge in [0.05, 0.1) is 0 Å². The molecular formula is C13H27NS. The molecule has 0 amide bonds. The van der Waals surface area contributed by atoms with Gasteiger partial charge in [-0.15, -0.1) is 0 Å². The summed E-state index contributed by atoms with van der Waals surface area (Å²) in [6.45, 7) is 5.48. The van der Waals surface area contributed by atoms with Crippen molar-refractivity contribution in [1.29, 1.82) is 0 Å². The van der Waals surface area contributed by atoms with E-state index in [0.29, 0.717) is 5.41 Å². The fourth-order valence-corrected chi connectivity index (χ4v) is 3.55. The van der Waals surface area contributed by atoms with Crippen molar-refractivity contribution in [2.45, 2.75) is 52.4 Å². The Balaban J connectivity index is 2.34. The van der Waals surface area contributed by atoms with Gasteiger partial charge in [-0.1, -0.05) is 20.3 Å². The van der Waals surface area contributed by atoms with Gasteiger partial charge in [0.1, 0.15) is 0 Å². The smallest absolute Gasteiger partial charge is 0.00202 e. The van der Waals surface area contributed by atoms with Crippen molar-refractivity contribution in [3.63, 3.8) is 0 Å². The van der Waals surface area contributed by atoms with E-state index in [0.717, 1.165) is 12.5 Å². The van der Waals surface area contributed by atoms with Crippen LogP contribution in [0.5, 0.6) is 0 Å². The number of hydrogen-bond donors (Lipinski definition) is 1. The third-order valence-corrected chi connectivity index (χ3v) is 5.06. The lowest BCUT2D eigenvalue weighted by molar-refractivity contribution is 0.150. The zero-order valence-electron chi connectivity index (χ0n) is 10.4. The fourth-order valence-electron chi connectivity index (χ4n) is 2.69. The summed E-state index contributed by atoms with van der Waals surface area (Å²) in [5.74, 6) is 3.55. The third kappa shape index (κ3) is 3.99. The minimum absolute atomic E-state index is 0.508. The predicted molar refractivity (Wildman–Crippen MR) is 71.4 cm³/mol. The van der Waals surface area contributed by atoms with Crippen LogP contribution in [0.15, 0.2) is 0 Å².